The number of aromatic nitrogens is 1. The van der Waals surface area contributed by atoms with Crippen LogP contribution in [0.5, 0.6) is 0 Å². The van der Waals surface area contributed by atoms with Gasteiger partial charge in [0.2, 0.25) is 0 Å². The van der Waals surface area contributed by atoms with Gasteiger partial charge in [-0.1, -0.05) is 12.1 Å². The second-order valence-electron chi connectivity index (χ2n) is 5.11. The van der Waals surface area contributed by atoms with Crippen molar-refractivity contribution in [2.24, 2.45) is 0 Å². The fraction of sp³-hybridized carbons (Fsp3) is 0.375. The number of carboxylic acid groups (broad SMARTS) is 1. The number of rotatable bonds is 6. The lowest BCUT2D eigenvalue weighted by atomic mass is 10.1. The van der Waals surface area contributed by atoms with Crippen LogP contribution in [0, 0.1) is 5.82 Å². The zero-order valence-corrected chi connectivity index (χ0v) is 12.8. The summed E-state index contributed by atoms with van der Waals surface area (Å²) in [5.41, 5.74) is 0.659. The minimum atomic E-state index is -1.09. The number of para-hydroxylation sites is 1. The molecule has 0 bridgehead atoms. The van der Waals surface area contributed by atoms with Gasteiger partial charge in [-0.15, -0.1) is 0 Å². The van der Waals surface area contributed by atoms with E-state index in [2.05, 4.69) is 4.98 Å². The van der Waals surface area contributed by atoms with Crippen LogP contribution in [0.1, 0.15) is 24.2 Å². The summed E-state index contributed by atoms with van der Waals surface area (Å²) in [6.45, 7) is 4.87. The molecule has 0 saturated heterocycles. The molecule has 1 aromatic carbocycles. The Morgan fingerprint density at radius 1 is 1.50 bits per heavy atom. The van der Waals surface area contributed by atoms with Crippen LogP contribution in [0.15, 0.2) is 24.4 Å². The van der Waals surface area contributed by atoms with Crippen molar-refractivity contribution in [2.75, 3.05) is 25.1 Å². The number of halogens is 1. The molecule has 1 heterocycles. The van der Waals surface area contributed by atoms with Crippen molar-refractivity contribution in [1.29, 1.82) is 0 Å². The average Bonchev–Trinajstić information content (AvgIpc) is 2.46. The van der Waals surface area contributed by atoms with Gasteiger partial charge in [-0.25, -0.2) is 9.18 Å². The van der Waals surface area contributed by atoms with Gasteiger partial charge in [-0.2, -0.15) is 0 Å². The maximum atomic E-state index is 13.9. The molecule has 1 unspecified atom stereocenters. The van der Waals surface area contributed by atoms with Crippen molar-refractivity contribution in [3.63, 3.8) is 0 Å². The Bertz CT molecular complexity index is 690. The number of carbonyl (C=O) groups is 1. The first-order chi connectivity index (χ1) is 10.5. The number of anilines is 1. The van der Waals surface area contributed by atoms with Crippen LogP contribution in [-0.2, 0) is 4.74 Å². The van der Waals surface area contributed by atoms with Gasteiger partial charge in [0.15, 0.2) is 0 Å². The molecule has 0 amide bonds. The van der Waals surface area contributed by atoms with Gasteiger partial charge >= 0.3 is 5.97 Å². The lowest BCUT2D eigenvalue weighted by molar-refractivity contribution is 0.0694. The number of hydrogen-bond acceptors (Lipinski definition) is 4. The van der Waals surface area contributed by atoms with Crippen molar-refractivity contribution in [2.45, 2.75) is 20.0 Å². The highest BCUT2D eigenvalue weighted by Gasteiger charge is 2.20. The first-order valence-electron chi connectivity index (χ1n) is 7.09. The van der Waals surface area contributed by atoms with E-state index in [0.717, 1.165) is 0 Å². The Balaban J connectivity index is 2.55. The summed E-state index contributed by atoms with van der Waals surface area (Å²) >= 11 is 0. The zero-order chi connectivity index (χ0) is 16.3. The molecule has 22 heavy (non-hydrogen) atoms. The fourth-order valence-electron chi connectivity index (χ4n) is 2.55. The third kappa shape index (κ3) is 3.17. The lowest BCUT2D eigenvalue weighted by Gasteiger charge is -2.26. The van der Waals surface area contributed by atoms with Crippen molar-refractivity contribution >= 4 is 22.6 Å². The first kappa shape index (κ1) is 16.2. The number of likely N-dealkylation sites (N-methyl/N-ethyl adjacent to an activating group) is 1. The summed E-state index contributed by atoms with van der Waals surface area (Å²) in [6, 6.07) is 4.53. The molecule has 2 aromatic rings. The van der Waals surface area contributed by atoms with Crippen LogP contribution in [0.25, 0.3) is 10.9 Å². The van der Waals surface area contributed by atoms with Gasteiger partial charge in [-0.05, 0) is 19.9 Å². The van der Waals surface area contributed by atoms with E-state index in [0.29, 0.717) is 24.2 Å². The fourth-order valence-corrected chi connectivity index (χ4v) is 2.55. The zero-order valence-electron chi connectivity index (χ0n) is 12.8. The maximum Gasteiger partial charge on any atom is 0.339 e. The molecule has 0 aliphatic rings. The molecular formula is C16H19FN2O3. The maximum absolute atomic E-state index is 13.9. The summed E-state index contributed by atoms with van der Waals surface area (Å²) in [5.74, 6) is -1.56. The smallest absolute Gasteiger partial charge is 0.339 e. The normalized spacial score (nSPS) is 12.4. The molecule has 118 valence electrons. The number of hydrogen-bond donors (Lipinski definition) is 1. The molecule has 0 aliphatic carbocycles. The number of nitrogens with zero attached hydrogens (tertiary/aromatic N) is 2. The van der Waals surface area contributed by atoms with Crippen LogP contribution in [0.3, 0.4) is 0 Å². The topological polar surface area (TPSA) is 62.7 Å². The monoisotopic (exact) mass is 306 g/mol. The van der Waals surface area contributed by atoms with E-state index in [-0.39, 0.29) is 17.2 Å². The summed E-state index contributed by atoms with van der Waals surface area (Å²) in [5, 5.41) is 9.87. The molecule has 2 rings (SSSR count). The second-order valence-corrected chi connectivity index (χ2v) is 5.11. The van der Waals surface area contributed by atoms with E-state index in [1.807, 2.05) is 13.8 Å². The Morgan fingerprint density at radius 3 is 2.86 bits per heavy atom. The Morgan fingerprint density at radius 2 is 2.23 bits per heavy atom. The SMILES string of the molecule is CCOC(C)CN(C)c1c(C(=O)O)cnc2c(F)cccc12. The van der Waals surface area contributed by atoms with Crippen molar-refractivity contribution in [1.82, 2.24) is 4.98 Å². The van der Waals surface area contributed by atoms with E-state index < -0.39 is 11.8 Å². The van der Waals surface area contributed by atoms with Gasteiger partial charge in [-0.3, -0.25) is 4.98 Å². The van der Waals surface area contributed by atoms with E-state index in [1.54, 1.807) is 24.1 Å². The third-order valence-electron chi connectivity index (χ3n) is 3.41. The summed E-state index contributed by atoms with van der Waals surface area (Å²) < 4.78 is 19.4. The molecule has 0 fully saturated rings. The molecule has 6 heteroatoms. The number of benzene rings is 1. The summed E-state index contributed by atoms with van der Waals surface area (Å²) in [7, 11) is 1.77. The van der Waals surface area contributed by atoms with Crippen molar-refractivity contribution in [3.8, 4) is 0 Å². The Hall–Kier alpha value is -2.21. The lowest BCUT2D eigenvalue weighted by Crippen LogP contribution is -2.30. The molecule has 1 aromatic heterocycles. The van der Waals surface area contributed by atoms with Crippen LogP contribution in [0.4, 0.5) is 10.1 Å². The van der Waals surface area contributed by atoms with E-state index in [9.17, 15) is 14.3 Å². The van der Waals surface area contributed by atoms with Gasteiger partial charge in [0, 0.05) is 31.8 Å². The van der Waals surface area contributed by atoms with Crippen LogP contribution in [-0.4, -0.2) is 42.4 Å². The number of fused-ring (bicyclic) bond motifs is 1. The summed E-state index contributed by atoms with van der Waals surface area (Å²) in [6.07, 6.45) is 1.12. The number of carboxylic acids is 1. The average molecular weight is 306 g/mol. The van der Waals surface area contributed by atoms with Crippen LogP contribution in [0.2, 0.25) is 0 Å². The van der Waals surface area contributed by atoms with Crippen molar-refractivity contribution in [3.05, 3.63) is 35.8 Å². The quantitative estimate of drug-likeness (QED) is 0.889. The second kappa shape index (κ2) is 6.70. The third-order valence-corrected chi connectivity index (χ3v) is 3.41. The largest absolute Gasteiger partial charge is 0.478 e. The van der Waals surface area contributed by atoms with Crippen LogP contribution < -0.4 is 4.90 Å². The molecule has 0 aliphatic heterocycles. The minimum absolute atomic E-state index is 0.0456. The Labute approximate surface area is 128 Å². The van der Waals surface area contributed by atoms with Crippen LogP contribution >= 0.6 is 0 Å². The van der Waals surface area contributed by atoms with Crippen molar-refractivity contribution < 1.29 is 19.0 Å². The molecule has 5 nitrogen and oxygen atoms in total. The Kier molecular flexibility index (Phi) is 4.92. The molecule has 1 atom stereocenters. The first-order valence-corrected chi connectivity index (χ1v) is 7.09. The molecule has 0 saturated carbocycles. The van der Waals surface area contributed by atoms with Gasteiger partial charge in [0.25, 0.3) is 0 Å². The van der Waals surface area contributed by atoms with E-state index >= 15 is 0 Å². The predicted octanol–water partition coefficient (Wildman–Crippen LogP) is 2.93. The highest BCUT2D eigenvalue weighted by Crippen LogP contribution is 2.30. The minimum Gasteiger partial charge on any atom is -0.478 e. The standard InChI is InChI=1S/C16H19FN2O3/c1-4-22-10(2)9-19(3)15-11-6-5-7-13(17)14(11)18-8-12(15)16(20)21/h5-8,10H,4,9H2,1-3H3,(H,20,21). The molecule has 1 N–H and O–H groups in total. The number of aromatic carboxylic acids is 1. The molecule has 0 radical (unpaired) electrons. The highest BCUT2D eigenvalue weighted by atomic mass is 19.1. The number of ether oxygens (including phenoxy) is 1. The van der Waals surface area contributed by atoms with Gasteiger partial charge in [0.05, 0.1) is 11.8 Å². The predicted molar refractivity (Wildman–Crippen MR) is 83.0 cm³/mol. The number of pyridine rings is 1. The highest BCUT2D eigenvalue weighted by molar-refractivity contribution is 6.04. The summed E-state index contributed by atoms with van der Waals surface area (Å²) in [4.78, 5) is 17.2. The van der Waals surface area contributed by atoms with E-state index in [4.69, 9.17) is 4.74 Å². The van der Waals surface area contributed by atoms with Gasteiger partial charge < -0.3 is 14.7 Å². The molecule has 0 spiro atoms. The van der Waals surface area contributed by atoms with E-state index in [1.165, 1.54) is 12.3 Å². The molecular weight excluding hydrogens is 287 g/mol. The van der Waals surface area contributed by atoms with Gasteiger partial charge in [0.1, 0.15) is 16.9 Å².